The van der Waals surface area contributed by atoms with Crippen molar-refractivity contribution < 1.29 is 17.9 Å². The standard InChI is InChI=1S/C26H22Cl2N2O4S/c1-34-26(31)16-7-5-15(6-8-16)25-20-4-2-3-19(20)21-14-18(10-12-23(21)29-25)35(32,33)30-24-11-9-17(27)13-22(24)28/h2-3,5-14,19-20,25,29-30H,4H2,1H3/t19-,20+,25+/m0/s1. The molecule has 3 aromatic carbocycles. The fourth-order valence-corrected chi connectivity index (χ4v) is 6.42. The lowest BCUT2D eigenvalue weighted by atomic mass is 9.77. The number of fused-ring (bicyclic) bond motifs is 3. The molecule has 3 atom stereocenters. The molecule has 5 rings (SSSR count). The largest absolute Gasteiger partial charge is 0.465 e. The predicted molar refractivity (Wildman–Crippen MR) is 138 cm³/mol. The van der Waals surface area contributed by atoms with E-state index in [2.05, 4.69) is 22.2 Å². The number of carbonyl (C=O) groups is 1. The van der Waals surface area contributed by atoms with E-state index in [4.69, 9.17) is 27.9 Å². The number of sulfonamides is 1. The van der Waals surface area contributed by atoms with Crippen LogP contribution in [-0.2, 0) is 14.8 Å². The van der Waals surface area contributed by atoms with Gasteiger partial charge in [-0.05, 0) is 72.0 Å². The molecular weight excluding hydrogens is 507 g/mol. The Kier molecular flexibility index (Phi) is 6.25. The third-order valence-electron chi connectivity index (χ3n) is 6.51. The lowest BCUT2D eigenvalue weighted by Gasteiger charge is -2.37. The Morgan fingerprint density at radius 2 is 1.83 bits per heavy atom. The topological polar surface area (TPSA) is 84.5 Å². The van der Waals surface area contributed by atoms with Crippen molar-refractivity contribution in [2.45, 2.75) is 23.3 Å². The molecule has 0 saturated carbocycles. The van der Waals surface area contributed by atoms with E-state index in [0.29, 0.717) is 10.6 Å². The zero-order chi connectivity index (χ0) is 24.7. The lowest BCUT2D eigenvalue weighted by Crippen LogP contribution is -2.29. The van der Waals surface area contributed by atoms with Gasteiger partial charge < -0.3 is 10.1 Å². The zero-order valence-electron chi connectivity index (χ0n) is 18.7. The van der Waals surface area contributed by atoms with Gasteiger partial charge in [0.05, 0.1) is 34.3 Å². The van der Waals surface area contributed by atoms with Gasteiger partial charge >= 0.3 is 5.97 Å². The summed E-state index contributed by atoms with van der Waals surface area (Å²) in [5.41, 5.74) is 3.62. The predicted octanol–water partition coefficient (Wildman–Crippen LogP) is 6.41. The summed E-state index contributed by atoms with van der Waals surface area (Å²) in [6.45, 7) is 0. The molecule has 1 aliphatic carbocycles. The van der Waals surface area contributed by atoms with E-state index >= 15 is 0 Å². The number of benzene rings is 3. The molecule has 2 N–H and O–H groups in total. The molecule has 3 aromatic rings. The van der Waals surface area contributed by atoms with Crippen molar-refractivity contribution in [3.05, 3.63) is 99.6 Å². The van der Waals surface area contributed by atoms with E-state index in [0.717, 1.165) is 23.2 Å². The summed E-state index contributed by atoms with van der Waals surface area (Å²) in [6, 6.07) is 17.1. The molecule has 6 nitrogen and oxygen atoms in total. The highest BCUT2D eigenvalue weighted by Crippen LogP contribution is 2.50. The molecule has 1 aliphatic heterocycles. The van der Waals surface area contributed by atoms with Gasteiger partial charge in [-0.2, -0.15) is 0 Å². The highest BCUT2D eigenvalue weighted by atomic mass is 35.5. The first-order valence-electron chi connectivity index (χ1n) is 11.0. The quantitative estimate of drug-likeness (QED) is 0.295. The Bertz CT molecular complexity index is 1440. The van der Waals surface area contributed by atoms with Crippen LogP contribution in [0.25, 0.3) is 0 Å². The Hall–Kier alpha value is -3.00. The number of methoxy groups -OCH3 is 1. The minimum atomic E-state index is -3.87. The van der Waals surface area contributed by atoms with Gasteiger partial charge in [0.15, 0.2) is 0 Å². The van der Waals surface area contributed by atoms with Crippen LogP contribution in [0, 0.1) is 5.92 Å². The highest BCUT2D eigenvalue weighted by Gasteiger charge is 2.38. The average Bonchev–Trinajstić information content (AvgIpc) is 3.35. The van der Waals surface area contributed by atoms with Crippen LogP contribution in [0.2, 0.25) is 10.0 Å². The number of ether oxygens (including phenoxy) is 1. The molecule has 9 heteroatoms. The second-order valence-corrected chi connectivity index (χ2v) is 11.1. The average molecular weight is 529 g/mol. The first kappa shape index (κ1) is 23.7. The van der Waals surface area contributed by atoms with Crippen molar-refractivity contribution in [3.8, 4) is 0 Å². The molecule has 2 aliphatic rings. The van der Waals surface area contributed by atoms with Gasteiger partial charge in [0.25, 0.3) is 10.0 Å². The first-order chi connectivity index (χ1) is 16.8. The molecule has 180 valence electrons. The summed E-state index contributed by atoms with van der Waals surface area (Å²) in [5.74, 6) is -0.102. The van der Waals surface area contributed by atoms with Crippen LogP contribution < -0.4 is 10.0 Å². The number of halogens is 2. The fourth-order valence-electron chi connectivity index (χ4n) is 4.79. The first-order valence-corrected chi connectivity index (χ1v) is 13.2. The van der Waals surface area contributed by atoms with Gasteiger partial charge in [-0.15, -0.1) is 0 Å². The maximum Gasteiger partial charge on any atom is 0.337 e. The number of esters is 1. The molecule has 1 heterocycles. The third-order valence-corrected chi connectivity index (χ3v) is 8.42. The van der Waals surface area contributed by atoms with Gasteiger partial charge in [-0.3, -0.25) is 4.72 Å². The van der Waals surface area contributed by atoms with E-state index in [1.165, 1.54) is 19.2 Å². The van der Waals surface area contributed by atoms with Crippen molar-refractivity contribution >= 4 is 50.6 Å². The molecule has 0 radical (unpaired) electrons. The molecule has 0 saturated heterocycles. The SMILES string of the molecule is COC(=O)c1ccc([C@H]2Nc3ccc(S(=O)(=O)Nc4ccc(Cl)cc4Cl)cc3[C@H]3C=CC[C@H]32)cc1. The molecular formula is C26H22Cl2N2O4S. The van der Waals surface area contributed by atoms with Gasteiger partial charge in [-0.1, -0.05) is 47.5 Å². The molecule has 0 fully saturated rings. The van der Waals surface area contributed by atoms with Gasteiger partial charge in [-0.25, -0.2) is 13.2 Å². The summed E-state index contributed by atoms with van der Waals surface area (Å²) in [6.07, 6.45) is 5.13. The van der Waals surface area contributed by atoms with Gasteiger partial charge in [0, 0.05) is 16.6 Å². The van der Waals surface area contributed by atoms with Crippen LogP contribution in [0.4, 0.5) is 11.4 Å². The second-order valence-electron chi connectivity index (χ2n) is 8.57. The number of carbonyl (C=O) groups excluding carboxylic acids is 1. The molecule has 35 heavy (non-hydrogen) atoms. The minimum absolute atomic E-state index is 0.0163. The van der Waals surface area contributed by atoms with E-state index in [1.807, 2.05) is 12.1 Å². The zero-order valence-corrected chi connectivity index (χ0v) is 21.0. The van der Waals surface area contributed by atoms with Crippen molar-refractivity contribution in [2.75, 3.05) is 17.1 Å². The Morgan fingerprint density at radius 1 is 1.06 bits per heavy atom. The van der Waals surface area contributed by atoms with E-state index in [-0.39, 0.29) is 39.5 Å². The van der Waals surface area contributed by atoms with Crippen molar-refractivity contribution in [3.63, 3.8) is 0 Å². The number of hydrogen-bond donors (Lipinski definition) is 2. The molecule has 0 amide bonds. The number of nitrogens with one attached hydrogen (secondary N) is 2. The summed E-state index contributed by atoms with van der Waals surface area (Å²) in [5, 5.41) is 4.23. The van der Waals surface area contributed by atoms with Crippen molar-refractivity contribution in [1.82, 2.24) is 0 Å². The van der Waals surface area contributed by atoms with Crippen LogP contribution in [0.15, 0.2) is 77.7 Å². The molecule has 0 spiro atoms. The molecule has 0 bridgehead atoms. The lowest BCUT2D eigenvalue weighted by molar-refractivity contribution is 0.0600. The van der Waals surface area contributed by atoms with Crippen LogP contribution in [-0.4, -0.2) is 21.5 Å². The van der Waals surface area contributed by atoms with Crippen LogP contribution in [0.3, 0.4) is 0 Å². The molecule has 0 unspecified atom stereocenters. The van der Waals surface area contributed by atoms with E-state index < -0.39 is 10.0 Å². The Labute approximate surface area is 214 Å². The smallest absolute Gasteiger partial charge is 0.337 e. The Morgan fingerprint density at radius 3 is 2.54 bits per heavy atom. The third kappa shape index (κ3) is 4.51. The second kappa shape index (κ2) is 9.22. The number of anilines is 2. The maximum absolute atomic E-state index is 13.1. The normalized spacial score (nSPS) is 20.5. The number of rotatable bonds is 5. The fraction of sp³-hybridized carbons (Fsp3) is 0.192. The van der Waals surface area contributed by atoms with Crippen LogP contribution in [0.5, 0.6) is 0 Å². The van der Waals surface area contributed by atoms with Crippen LogP contribution in [0.1, 0.15) is 39.9 Å². The Balaban J connectivity index is 1.45. The summed E-state index contributed by atoms with van der Waals surface area (Å²) in [4.78, 5) is 12.0. The van der Waals surface area contributed by atoms with E-state index in [9.17, 15) is 13.2 Å². The minimum Gasteiger partial charge on any atom is -0.465 e. The van der Waals surface area contributed by atoms with Gasteiger partial charge in [0.2, 0.25) is 0 Å². The van der Waals surface area contributed by atoms with Crippen molar-refractivity contribution in [1.29, 1.82) is 0 Å². The van der Waals surface area contributed by atoms with Crippen LogP contribution >= 0.6 is 23.2 Å². The summed E-state index contributed by atoms with van der Waals surface area (Å²) >= 11 is 12.1. The van der Waals surface area contributed by atoms with E-state index in [1.54, 1.807) is 36.4 Å². The molecule has 0 aromatic heterocycles. The highest BCUT2D eigenvalue weighted by molar-refractivity contribution is 7.92. The number of allylic oxidation sites excluding steroid dienone is 2. The summed E-state index contributed by atoms with van der Waals surface area (Å²) < 4.78 is 33.6. The number of hydrogen-bond acceptors (Lipinski definition) is 5. The maximum atomic E-state index is 13.1. The summed E-state index contributed by atoms with van der Waals surface area (Å²) in [7, 11) is -2.51. The monoisotopic (exact) mass is 528 g/mol. The van der Waals surface area contributed by atoms with Crippen molar-refractivity contribution in [2.24, 2.45) is 5.92 Å². The van der Waals surface area contributed by atoms with Gasteiger partial charge in [0.1, 0.15) is 0 Å².